The van der Waals surface area contributed by atoms with Gasteiger partial charge in [-0.3, -0.25) is 14.5 Å². The van der Waals surface area contributed by atoms with E-state index in [1.165, 1.54) is 4.90 Å². The van der Waals surface area contributed by atoms with Crippen molar-refractivity contribution in [3.63, 3.8) is 0 Å². The minimum atomic E-state index is -0.330. The zero-order chi connectivity index (χ0) is 24.2. The molecule has 0 atom stereocenters. The summed E-state index contributed by atoms with van der Waals surface area (Å²) in [6.45, 7) is 0.535. The van der Waals surface area contributed by atoms with E-state index < -0.39 is 0 Å². The fraction of sp³-hybridized carbons (Fsp3) is 0.120. The first-order chi connectivity index (χ1) is 16.4. The maximum Gasteiger partial charge on any atom is 0.293 e. The first-order valence-corrected chi connectivity index (χ1v) is 12.9. The molecule has 0 aromatic heterocycles. The van der Waals surface area contributed by atoms with E-state index in [0.29, 0.717) is 38.1 Å². The van der Waals surface area contributed by atoms with Crippen LogP contribution in [0, 0.1) is 0 Å². The summed E-state index contributed by atoms with van der Waals surface area (Å²) < 4.78 is 13.0. The van der Waals surface area contributed by atoms with Crippen molar-refractivity contribution in [1.82, 2.24) is 4.90 Å². The summed E-state index contributed by atoms with van der Waals surface area (Å²) in [5, 5.41) is 0.355. The van der Waals surface area contributed by atoms with E-state index in [0.717, 1.165) is 27.4 Å². The lowest BCUT2D eigenvalue weighted by molar-refractivity contribution is -0.123. The topological polar surface area (TPSA) is 55.8 Å². The summed E-state index contributed by atoms with van der Waals surface area (Å²) in [7, 11) is 1.55. The van der Waals surface area contributed by atoms with E-state index in [4.69, 9.17) is 21.1 Å². The number of methoxy groups -OCH3 is 1. The Bertz CT molecular complexity index is 1280. The molecule has 0 saturated carbocycles. The third-order valence-corrected chi connectivity index (χ3v) is 7.53. The van der Waals surface area contributed by atoms with E-state index in [2.05, 4.69) is 31.9 Å². The van der Waals surface area contributed by atoms with E-state index in [-0.39, 0.29) is 17.7 Å². The van der Waals surface area contributed by atoms with Crippen LogP contribution >= 0.6 is 55.2 Å². The van der Waals surface area contributed by atoms with E-state index >= 15 is 0 Å². The van der Waals surface area contributed by atoms with Gasteiger partial charge in [-0.05, 0) is 80.8 Å². The average Bonchev–Trinajstić information content (AvgIpc) is 3.07. The van der Waals surface area contributed by atoms with Crippen LogP contribution in [-0.2, 0) is 17.9 Å². The maximum absolute atomic E-state index is 12.9. The summed E-state index contributed by atoms with van der Waals surface area (Å²) in [5.41, 5.74) is 2.52. The minimum absolute atomic E-state index is 0.202. The van der Waals surface area contributed by atoms with Crippen LogP contribution in [0.4, 0.5) is 4.79 Å². The maximum atomic E-state index is 12.9. The molecule has 9 heteroatoms. The summed E-state index contributed by atoms with van der Waals surface area (Å²) >= 11 is 13.9. The molecule has 5 nitrogen and oxygen atoms in total. The number of hydrogen-bond acceptors (Lipinski definition) is 5. The normalized spacial score (nSPS) is 14.7. The van der Waals surface area contributed by atoms with Gasteiger partial charge in [0, 0.05) is 9.50 Å². The van der Waals surface area contributed by atoms with Crippen molar-refractivity contribution in [1.29, 1.82) is 0 Å². The highest BCUT2D eigenvalue weighted by atomic mass is 79.9. The third kappa shape index (κ3) is 5.68. The molecule has 1 aliphatic rings. The largest absolute Gasteiger partial charge is 0.493 e. The fourth-order valence-electron chi connectivity index (χ4n) is 3.28. The van der Waals surface area contributed by atoms with Gasteiger partial charge in [-0.1, -0.05) is 57.9 Å². The molecule has 34 heavy (non-hydrogen) atoms. The van der Waals surface area contributed by atoms with E-state index in [9.17, 15) is 9.59 Å². The van der Waals surface area contributed by atoms with Crippen LogP contribution in [0.15, 0.2) is 74.5 Å². The van der Waals surface area contributed by atoms with Crippen LogP contribution in [0.1, 0.15) is 16.7 Å². The Hall–Kier alpha value is -2.26. The number of imide groups is 1. The molecule has 2 amide bonds. The highest BCUT2D eigenvalue weighted by Gasteiger charge is 2.35. The molecule has 3 aromatic rings. The molecular formula is C25H18Br2ClNO4S. The predicted molar refractivity (Wildman–Crippen MR) is 142 cm³/mol. The molecule has 0 radical (unpaired) electrons. The number of nitrogens with zero attached hydrogens (tertiary/aromatic N) is 1. The standard InChI is InChI=1S/C25H18Br2ClNO4S/c1-32-21-11-16(10-20(27)23(21)33-14-15-6-8-18(28)9-7-15)12-22-24(30)29(25(31)34-22)13-17-4-2-3-5-19(17)26/h2-12H,13-14H2,1H3/b22-12+. The van der Waals surface area contributed by atoms with Crippen molar-refractivity contribution < 1.29 is 19.1 Å². The number of halogens is 3. The van der Waals surface area contributed by atoms with Gasteiger partial charge in [-0.25, -0.2) is 0 Å². The van der Waals surface area contributed by atoms with Crippen LogP contribution in [0.5, 0.6) is 11.5 Å². The number of carbonyl (C=O) groups is 2. The number of thioether (sulfide) groups is 1. The molecule has 0 unspecified atom stereocenters. The molecule has 1 saturated heterocycles. The summed E-state index contributed by atoms with van der Waals surface area (Å²) in [5.74, 6) is 0.711. The van der Waals surface area contributed by atoms with Crippen molar-refractivity contribution in [3.05, 3.63) is 96.2 Å². The van der Waals surface area contributed by atoms with Gasteiger partial charge in [0.2, 0.25) is 0 Å². The van der Waals surface area contributed by atoms with Crippen molar-refractivity contribution in [2.45, 2.75) is 13.2 Å². The Balaban J connectivity index is 1.53. The molecule has 3 aromatic carbocycles. The first-order valence-electron chi connectivity index (χ1n) is 10.1. The summed E-state index contributed by atoms with van der Waals surface area (Å²) in [6.07, 6.45) is 1.68. The Labute approximate surface area is 223 Å². The van der Waals surface area contributed by atoms with Gasteiger partial charge < -0.3 is 9.47 Å². The van der Waals surface area contributed by atoms with Crippen LogP contribution in [0.3, 0.4) is 0 Å². The number of benzene rings is 3. The number of rotatable bonds is 7. The van der Waals surface area contributed by atoms with Gasteiger partial charge in [0.25, 0.3) is 11.1 Å². The molecule has 174 valence electrons. The molecule has 4 rings (SSSR count). The number of carbonyl (C=O) groups excluding carboxylic acids is 2. The second-order valence-corrected chi connectivity index (χ2v) is 10.4. The Kier molecular flexibility index (Phi) is 8.03. The molecule has 0 spiro atoms. The van der Waals surface area contributed by atoms with Gasteiger partial charge >= 0.3 is 0 Å². The minimum Gasteiger partial charge on any atom is -0.493 e. The molecule has 0 N–H and O–H groups in total. The zero-order valence-corrected chi connectivity index (χ0v) is 22.6. The zero-order valence-electron chi connectivity index (χ0n) is 17.9. The van der Waals surface area contributed by atoms with Crippen LogP contribution in [0.2, 0.25) is 5.02 Å². The first kappa shape index (κ1) is 24.9. The van der Waals surface area contributed by atoms with Crippen molar-refractivity contribution in [2.24, 2.45) is 0 Å². The molecular weight excluding hydrogens is 606 g/mol. The molecule has 1 fully saturated rings. The second kappa shape index (κ2) is 11.0. The number of ether oxygens (including phenoxy) is 2. The lowest BCUT2D eigenvalue weighted by Gasteiger charge is -2.14. The van der Waals surface area contributed by atoms with Gasteiger partial charge in [0.15, 0.2) is 11.5 Å². The van der Waals surface area contributed by atoms with Crippen LogP contribution in [0.25, 0.3) is 6.08 Å². The fourth-order valence-corrected chi connectivity index (χ4v) is 5.23. The van der Waals surface area contributed by atoms with Crippen molar-refractivity contribution in [2.75, 3.05) is 7.11 Å². The summed E-state index contributed by atoms with van der Waals surface area (Å²) in [6, 6.07) is 18.5. The highest BCUT2D eigenvalue weighted by Crippen LogP contribution is 2.40. The molecule has 1 aliphatic heterocycles. The van der Waals surface area contributed by atoms with Gasteiger partial charge in [0.05, 0.1) is 23.0 Å². The monoisotopic (exact) mass is 621 g/mol. The molecule has 0 bridgehead atoms. The second-order valence-electron chi connectivity index (χ2n) is 7.31. The quantitative estimate of drug-likeness (QED) is 0.253. The Morgan fingerprint density at radius 1 is 1.03 bits per heavy atom. The number of hydrogen-bond donors (Lipinski definition) is 0. The average molecular weight is 624 g/mol. The smallest absolute Gasteiger partial charge is 0.293 e. The highest BCUT2D eigenvalue weighted by molar-refractivity contribution is 9.10. The van der Waals surface area contributed by atoms with E-state index in [1.807, 2.05) is 42.5 Å². The molecule has 1 heterocycles. The number of amides is 2. The lowest BCUT2D eigenvalue weighted by Crippen LogP contribution is -2.27. The van der Waals surface area contributed by atoms with Crippen molar-refractivity contribution >= 4 is 72.4 Å². The lowest BCUT2D eigenvalue weighted by atomic mass is 10.1. The van der Waals surface area contributed by atoms with Crippen LogP contribution < -0.4 is 9.47 Å². The third-order valence-electron chi connectivity index (χ3n) is 5.01. The van der Waals surface area contributed by atoms with Gasteiger partial charge in [0.1, 0.15) is 6.61 Å². The Morgan fingerprint density at radius 2 is 1.76 bits per heavy atom. The van der Waals surface area contributed by atoms with Crippen LogP contribution in [-0.4, -0.2) is 23.2 Å². The van der Waals surface area contributed by atoms with E-state index in [1.54, 1.807) is 31.4 Å². The Morgan fingerprint density at radius 3 is 2.47 bits per heavy atom. The summed E-state index contributed by atoms with van der Waals surface area (Å²) in [4.78, 5) is 27.1. The van der Waals surface area contributed by atoms with Gasteiger partial charge in [-0.2, -0.15) is 0 Å². The van der Waals surface area contributed by atoms with Gasteiger partial charge in [-0.15, -0.1) is 0 Å². The molecule has 0 aliphatic carbocycles. The SMILES string of the molecule is COc1cc(/C=C2/SC(=O)N(Cc3ccccc3Br)C2=O)cc(Br)c1OCc1ccc(Cl)cc1. The van der Waals surface area contributed by atoms with Crippen molar-refractivity contribution in [3.8, 4) is 11.5 Å². The predicted octanol–water partition coefficient (Wildman–Crippen LogP) is 7.69.